The molecule has 0 saturated heterocycles. The van der Waals surface area contributed by atoms with E-state index in [-0.39, 0.29) is 19.6 Å². The molecule has 0 fully saturated rings. The van der Waals surface area contributed by atoms with E-state index in [2.05, 4.69) is 0 Å². The number of carbonyl (C=O) groups excluding carboxylic acids is 1. The van der Waals surface area contributed by atoms with Gasteiger partial charge in [0.25, 0.3) is 0 Å². The number of rotatable bonds is 19. The Morgan fingerprint density at radius 3 is 2.28 bits per heavy atom. The van der Waals surface area contributed by atoms with Gasteiger partial charge in [-0.15, -0.1) is 0 Å². The standard InChI is InChI=1S/C28H37Cl2NO8/c1-3-37-26(27(32)33)18-21-6-8-25(9-7-21)38-13-11-31(28(34)39-15-14-35-2)10-4-5-12-36-20-22-16-23(29)19-24(30)17-22/h6-9,16-17,19,26H,3-5,10-15,18,20H2,1-2H3,(H,32,33). The molecular formula is C28H37Cl2NO8. The molecule has 39 heavy (non-hydrogen) atoms. The minimum Gasteiger partial charge on any atom is -0.492 e. The molecule has 0 aliphatic heterocycles. The first-order chi connectivity index (χ1) is 18.8. The largest absolute Gasteiger partial charge is 0.492 e. The molecule has 2 rings (SSSR count). The molecular weight excluding hydrogens is 549 g/mol. The van der Waals surface area contributed by atoms with Crippen molar-refractivity contribution in [2.75, 3.05) is 53.2 Å². The number of unbranched alkanes of at least 4 members (excludes halogenated alkanes) is 1. The second-order valence-corrected chi connectivity index (χ2v) is 9.48. The summed E-state index contributed by atoms with van der Waals surface area (Å²) in [6, 6.07) is 12.4. The van der Waals surface area contributed by atoms with E-state index in [1.807, 2.05) is 12.1 Å². The van der Waals surface area contributed by atoms with Gasteiger partial charge in [0.15, 0.2) is 6.10 Å². The fourth-order valence-electron chi connectivity index (χ4n) is 3.62. The maximum atomic E-state index is 12.6. The Balaban J connectivity index is 1.78. The van der Waals surface area contributed by atoms with Crippen LogP contribution in [0, 0.1) is 0 Å². The fourth-order valence-corrected chi connectivity index (χ4v) is 4.19. The van der Waals surface area contributed by atoms with Gasteiger partial charge in [-0.05, 0) is 61.2 Å². The number of carbonyl (C=O) groups is 2. The van der Waals surface area contributed by atoms with Crippen LogP contribution in [0.3, 0.4) is 0 Å². The number of hydrogen-bond acceptors (Lipinski definition) is 7. The van der Waals surface area contributed by atoms with Crippen LogP contribution in [-0.4, -0.2) is 81.4 Å². The summed E-state index contributed by atoms with van der Waals surface area (Å²) >= 11 is 12.0. The van der Waals surface area contributed by atoms with Crippen molar-refractivity contribution < 1.29 is 38.4 Å². The number of halogens is 2. The van der Waals surface area contributed by atoms with E-state index in [9.17, 15) is 14.7 Å². The van der Waals surface area contributed by atoms with Gasteiger partial charge < -0.3 is 33.7 Å². The lowest BCUT2D eigenvalue weighted by molar-refractivity contribution is -0.149. The molecule has 1 amide bonds. The summed E-state index contributed by atoms with van der Waals surface area (Å²) < 4.78 is 27.0. The second-order valence-electron chi connectivity index (χ2n) is 8.61. The molecule has 0 radical (unpaired) electrons. The average Bonchev–Trinajstić information content (AvgIpc) is 2.89. The van der Waals surface area contributed by atoms with Gasteiger partial charge >= 0.3 is 12.1 Å². The third kappa shape index (κ3) is 13.4. The highest BCUT2D eigenvalue weighted by molar-refractivity contribution is 6.34. The zero-order chi connectivity index (χ0) is 28.5. The first kappa shape index (κ1) is 32.7. The molecule has 9 nitrogen and oxygen atoms in total. The van der Waals surface area contributed by atoms with Gasteiger partial charge in [-0.1, -0.05) is 35.3 Å². The van der Waals surface area contributed by atoms with E-state index >= 15 is 0 Å². The van der Waals surface area contributed by atoms with E-state index in [4.69, 9.17) is 46.9 Å². The van der Waals surface area contributed by atoms with Gasteiger partial charge in [0.2, 0.25) is 0 Å². The molecule has 1 unspecified atom stereocenters. The van der Waals surface area contributed by atoms with Crippen molar-refractivity contribution in [1.82, 2.24) is 4.90 Å². The van der Waals surface area contributed by atoms with Crippen LogP contribution < -0.4 is 4.74 Å². The summed E-state index contributed by atoms with van der Waals surface area (Å²) in [5.74, 6) is -0.378. The van der Waals surface area contributed by atoms with E-state index in [0.29, 0.717) is 55.3 Å². The van der Waals surface area contributed by atoms with Crippen LogP contribution in [-0.2, 0) is 36.8 Å². The van der Waals surface area contributed by atoms with E-state index in [0.717, 1.165) is 24.0 Å². The zero-order valence-corrected chi connectivity index (χ0v) is 23.9. The smallest absolute Gasteiger partial charge is 0.409 e. The van der Waals surface area contributed by atoms with Crippen molar-refractivity contribution in [3.8, 4) is 5.75 Å². The highest BCUT2D eigenvalue weighted by Crippen LogP contribution is 2.20. The van der Waals surface area contributed by atoms with E-state index in [1.165, 1.54) is 0 Å². The van der Waals surface area contributed by atoms with Crippen LogP contribution in [0.2, 0.25) is 10.0 Å². The van der Waals surface area contributed by atoms with Crippen LogP contribution >= 0.6 is 23.2 Å². The first-order valence-corrected chi connectivity index (χ1v) is 13.6. The Hall–Kier alpha value is -2.56. The molecule has 2 aromatic rings. The van der Waals surface area contributed by atoms with Crippen molar-refractivity contribution >= 4 is 35.3 Å². The SMILES string of the molecule is CCOC(Cc1ccc(OCCN(CCCCOCc2cc(Cl)cc(Cl)c2)C(=O)OCCOC)cc1)C(=O)O. The second kappa shape index (κ2) is 18.7. The summed E-state index contributed by atoms with van der Waals surface area (Å²) in [5.41, 5.74) is 1.73. The Labute approximate surface area is 239 Å². The Bertz CT molecular complexity index is 985. The summed E-state index contributed by atoms with van der Waals surface area (Å²) in [5, 5.41) is 10.4. The summed E-state index contributed by atoms with van der Waals surface area (Å²) in [6.45, 7) is 4.57. The molecule has 0 aliphatic carbocycles. The van der Waals surface area contributed by atoms with Crippen LogP contribution in [0.25, 0.3) is 0 Å². The summed E-state index contributed by atoms with van der Waals surface area (Å²) in [4.78, 5) is 25.5. The number of aliphatic carboxylic acids is 1. The van der Waals surface area contributed by atoms with Crippen molar-refractivity contribution in [3.63, 3.8) is 0 Å². The van der Waals surface area contributed by atoms with Gasteiger partial charge in [-0.2, -0.15) is 0 Å². The Morgan fingerprint density at radius 1 is 0.923 bits per heavy atom. The fraction of sp³-hybridized carbons (Fsp3) is 0.500. The average molecular weight is 587 g/mol. The van der Waals surface area contributed by atoms with Crippen LogP contribution in [0.1, 0.15) is 30.9 Å². The van der Waals surface area contributed by atoms with Crippen LogP contribution in [0.5, 0.6) is 5.75 Å². The highest BCUT2D eigenvalue weighted by Gasteiger charge is 2.18. The quantitative estimate of drug-likeness (QED) is 0.216. The van der Waals surface area contributed by atoms with Gasteiger partial charge in [0.05, 0.1) is 19.8 Å². The van der Waals surface area contributed by atoms with E-state index < -0.39 is 18.2 Å². The van der Waals surface area contributed by atoms with Gasteiger partial charge in [0, 0.05) is 43.3 Å². The predicted octanol–water partition coefficient (Wildman–Crippen LogP) is 5.49. The minimum absolute atomic E-state index is 0.165. The third-order valence-electron chi connectivity index (χ3n) is 5.55. The zero-order valence-electron chi connectivity index (χ0n) is 22.4. The van der Waals surface area contributed by atoms with Gasteiger partial charge in [0.1, 0.15) is 19.0 Å². The Morgan fingerprint density at radius 2 is 1.64 bits per heavy atom. The van der Waals surface area contributed by atoms with Crippen molar-refractivity contribution in [2.45, 2.75) is 38.9 Å². The van der Waals surface area contributed by atoms with Gasteiger partial charge in [-0.25, -0.2) is 9.59 Å². The normalized spacial score (nSPS) is 11.7. The number of nitrogens with zero attached hydrogens (tertiary/aromatic N) is 1. The topological polar surface area (TPSA) is 104 Å². The van der Waals surface area contributed by atoms with Crippen molar-refractivity contribution in [3.05, 3.63) is 63.6 Å². The maximum absolute atomic E-state index is 12.6. The highest BCUT2D eigenvalue weighted by atomic mass is 35.5. The van der Waals surface area contributed by atoms with Crippen molar-refractivity contribution in [2.24, 2.45) is 0 Å². The molecule has 0 aliphatic rings. The number of benzene rings is 2. The molecule has 1 N–H and O–H groups in total. The number of hydrogen-bond donors (Lipinski definition) is 1. The predicted molar refractivity (Wildman–Crippen MR) is 149 cm³/mol. The minimum atomic E-state index is -0.993. The number of carboxylic acid groups (broad SMARTS) is 1. The molecule has 216 valence electrons. The number of carboxylic acids is 1. The van der Waals surface area contributed by atoms with Crippen LogP contribution in [0.15, 0.2) is 42.5 Å². The molecule has 11 heteroatoms. The van der Waals surface area contributed by atoms with E-state index in [1.54, 1.807) is 49.3 Å². The summed E-state index contributed by atoms with van der Waals surface area (Å²) in [6.07, 6.45) is 0.407. The molecule has 0 bridgehead atoms. The molecule has 0 aromatic heterocycles. The first-order valence-electron chi connectivity index (χ1n) is 12.8. The molecule has 1 atom stereocenters. The maximum Gasteiger partial charge on any atom is 0.409 e. The molecule has 0 saturated carbocycles. The molecule has 0 heterocycles. The number of ether oxygens (including phenoxy) is 5. The lowest BCUT2D eigenvalue weighted by Gasteiger charge is -2.22. The number of methoxy groups -OCH3 is 1. The lowest BCUT2D eigenvalue weighted by atomic mass is 10.1. The van der Waals surface area contributed by atoms with Gasteiger partial charge in [-0.3, -0.25) is 0 Å². The summed E-state index contributed by atoms with van der Waals surface area (Å²) in [7, 11) is 1.54. The lowest BCUT2D eigenvalue weighted by Crippen LogP contribution is -2.36. The molecule has 2 aromatic carbocycles. The number of amides is 1. The third-order valence-corrected chi connectivity index (χ3v) is 5.98. The van der Waals surface area contributed by atoms with Crippen molar-refractivity contribution in [1.29, 1.82) is 0 Å². The monoisotopic (exact) mass is 585 g/mol. The van der Waals surface area contributed by atoms with Crippen LogP contribution in [0.4, 0.5) is 4.79 Å². The molecule has 0 spiro atoms. The Kier molecular flexibility index (Phi) is 15.6.